The molecule has 0 aromatic carbocycles. The van der Waals surface area contributed by atoms with Gasteiger partial charge in [0.05, 0.1) is 38.2 Å². The van der Waals surface area contributed by atoms with Crippen LogP contribution in [0.25, 0.3) is 11.5 Å². The zero-order chi connectivity index (χ0) is 14.8. The van der Waals surface area contributed by atoms with Gasteiger partial charge in [-0.3, -0.25) is 4.68 Å². The molecule has 1 fully saturated rings. The summed E-state index contributed by atoms with van der Waals surface area (Å²) in [5.41, 5.74) is 2.15. The van der Waals surface area contributed by atoms with Gasteiger partial charge in [0.1, 0.15) is 5.69 Å². The third kappa shape index (κ3) is 2.79. The lowest BCUT2D eigenvalue weighted by Gasteiger charge is -2.23. The van der Waals surface area contributed by atoms with Crippen molar-refractivity contribution in [2.45, 2.75) is 32.2 Å². The maximum Gasteiger partial charge on any atom is 0.160 e. The Hall–Kier alpha value is -1.70. The highest BCUT2D eigenvalue weighted by atomic mass is 16.6. The van der Waals surface area contributed by atoms with E-state index in [4.69, 9.17) is 14.6 Å². The summed E-state index contributed by atoms with van der Waals surface area (Å²) in [7, 11) is 0. The van der Waals surface area contributed by atoms with Crippen LogP contribution in [-0.4, -0.2) is 51.8 Å². The SMILES string of the molecule is c1cn(C[C@@H]2COCCO2)c(-c2cc3n(n2)CCCNC3)n1. The Kier molecular flexibility index (Phi) is 3.92. The zero-order valence-electron chi connectivity index (χ0n) is 12.6. The predicted octanol–water partition coefficient (Wildman–Crippen LogP) is 0.655. The van der Waals surface area contributed by atoms with Crippen LogP contribution in [-0.2, 0) is 29.1 Å². The van der Waals surface area contributed by atoms with E-state index < -0.39 is 0 Å². The van der Waals surface area contributed by atoms with Crippen LogP contribution in [0, 0.1) is 0 Å². The molecule has 0 bridgehead atoms. The second-order valence-electron chi connectivity index (χ2n) is 5.75. The molecular formula is C15H21N5O2. The van der Waals surface area contributed by atoms with Gasteiger partial charge in [-0.05, 0) is 19.0 Å². The number of fused-ring (bicyclic) bond motifs is 1. The minimum absolute atomic E-state index is 0.0869. The first-order valence-corrected chi connectivity index (χ1v) is 7.88. The van der Waals surface area contributed by atoms with Crippen molar-refractivity contribution >= 4 is 0 Å². The van der Waals surface area contributed by atoms with Crippen molar-refractivity contribution in [2.75, 3.05) is 26.4 Å². The van der Waals surface area contributed by atoms with Gasteiger partial charge in [-0.15, -0.1) is 0 Å². The number of hydrogen-bond donors (Lipinski definition) is 1. The lowest BCUT2D eigenvalue weighted by atomic mass is 10.3. The van der Waals surface area contributed by atoms with Gasteiger partial charge in [0.25, 0.3) is 0 Å². The Morgan fingerprint density at radius 3 is 3.27 bits per heavy atom. The highest BCUT2D eigenvalue weighted by Gasteiger charge is 2.19. The summed E-state index contributed by atoms with van der Waals surface area (Å²) in [5.74, 6) is 0.898. The number of rotatable bonds is 3. The lowest BCUT2D eigenvalue weighted by molar-refractivity contribution is -0.0934. The minimum atomic E-state index is 0.0869. The highest BCUT2D eigenvalue weighted by molar-refractivity contribution is 5.50. The van der Waals surface area contributed by atoms with E-state index in [-0.39, 0.29) is 6.10 Å². The Balaban J connectivity index is 1.56. The largest absolute Gasteiger partial charge is 0.376 e. The molecule has 22 heavy (non-hydrogen) atoms. The maximum atomic E-state index is 5.73. The fourth-order valence-electron chi connectivity index (χ4n) is 3.02. The summed E-state index contributed by atoms with van der Waals surface area (Å²) < 4.78 is 15.4. The molecule has 4 rings (SSSR count). The van der Waals surface area contributed by atoms with Crippen molar-refractivity contribution in [1.82, 2.24) is 24.6 Å². The fourth-order valence-corrected chi connectivity index (χ4v) is 3.02. The normalized spacial score (nSPS) is 22.3. The average Bonchev–Trinajstić information content (AvgIpc) is 3.10. The smallest absolute Gasteiger partial charge is 0.160 e. The quantitative estimate of drug-likeness (QED) is 0.902. The van der Waals surface area contributed by atoms with E-state index in [2.05, 4.69) is 25.6 Å². The molecule has 2 aromatic rings. The fraction of sp³-hybridized carbons (Fsp3) is 0.600. The van der Waals surface area contributed by atoms with Crippen molar-refractivity contribution in [3.63, 3.8) is 0 Å². The molecule has 1 N–H and O–H groups in total. The van der Waals surface area contributed by atoms with Crippen molar-refractivity contribution in [1.29, 1.82) is 0 Å². The molecule has 0 aliphatic carbocycles. The molecule has 4 heterocycles. The molecule has 118 valence electrons. The highest BCUT2D eigenvalue weighted by Crippen LogP contribution is 2.20. The van der Waals surface area contributed by atoms with Crippen LogP contribution in [0.3, 0.4) is 0 Å². The van der Waals surface area contributed by atoms with Crippen LogP contribution in [0.1, 0.15) is 12.1 Å². The van der Waals surface area contributed by atoms with Gasteiger partial charge in [0.15, 0.2) is 5.82 Å². The van der Waals surface area contributed by atoms with Crippen LogP contribution in [0.2, 0.25) is 0 Å². The van der Waals surface area contributed by atoms with E-state index in [1.165, 1.54) is 5.69 Å². The molecule has 7 heteroatoms. The summed E-state index contributed by atoms with van der Waals surface area (Å²) in [6, 6.07) is 2.13. The van der Waals surface area contributed by atoms with Gasteiger partial charge in [-0.25, -0.2) is 4.98 Å². The van der Waals surface area contributed by atoms with Crippen molar-refractivity contribution in [3.05, 3.63) is 24.2 Å². The second-order valence-corrected chi connectivity index (χ2v) is 5.75. The number of imidazole rings is 1. The van der Waals surface area contributed by atoms with E-state index in [0.717, 1.165) is 44.1 Å². The summed E-state index contributed by atoms with van der Waals surface area (Å²) in [6.07, 6.45) is 5.00. The molecule has 2 aliphatic heterocycles. The number of nitrogens with one attached hydrogen (secondary N) is 1. The molecule has 7 nitrogen and oxygen atoms in total. The van der Waals surface area contributed by atoms with E-state index in [1.54, 1.807) is 0 Å². The summed E-state index contributed by atoms with van der Waals surface area (Å²) >= 11 is 0. The standard InChI is InChI=1S/C15H21N5O2/c1-2-16-9-12-8-14(18-20(12)4-1)15-17-3-5-19(15)10-13-11-21-6-7-22-13/h3,5,8,13,16H,1-2,4,6-7,9-11H2/t13-/m1/s1. The first-order chi connectivity index (χ1) is 10.9. The van der Waals surface area contributed by atoms with E-state index >= 15 is 0 Å². The third-order valence-electron chi connectivity index (χ3n) is 4.12. The van der Waals surface area contributed by atoms with E-state index in [0.29, 0.717) is 19.8 Å². The summed E-state index contributed by atoms with van der Waals surface area (Å²) in [5, 5.41) is 8.15. The lowest BCUT2D eigenvalue weighted by Crippen LogP contribution is -2.32. The maximum absolute atomic E-state index is 5.73. The Morgan fingerprint density at radius 2 is 2.36 bits per heavy atom. The summed E-state index contributed by atoms with van der Waals surface area (Å²) in [6.45, 7) is 5.62. The first-order valence-electron chi connectivity index (χ1n) is 7.88. The van der Waals surface area contributed by atoms with E-state index in [9.17, 15) is 0 Å². The Morgan fingerprint density at radius 1 is 1.36 bits per heavy atom. The van der Waals surface area contributed by atoms with Crippen molar-refractivity contribution in [3.8, 4) is 11.5 Å². The average molecular weight is 303 g/mol. The first kappa shape index (κ1) is 13.9. The molecule has 2 aliphatic rings. The number of nitrogens with zero attached hydrogens (tertiary/aromatic N) is 4. The predicted molar refractivity (Wildman–Crippen MR) is 80.3 cm³/mol. The Bertz CT molecular complexity index is 606. The van der Waals surface area contributed by atoms with Gasteiger partial charge in [-0.1, -0.05) is 0 Å². The third-order valence-corrected chi connectivity index (χ3v) is 4.12. The summed E-state index contributed by atoms with van der Waals surface area (Å²) in [4.78, 5) is 4.49. The number of hydrogen-bond acceptors (Lipinski definition) is 5. The van der Waals surface area contributed by atoms with Gasteiger partial charge in [-0.2, -0.15) is 5.10 Å². The molecule has 0 saturated carbocycles. The topological polar surface area (TPSA) is 66.1 Å². The van der Waals surface area contributed by atoms with Crippen LogP contribution >= 0.6 is 0 Å². The molecule has 1 atom stereocenters. The van der Waals surface area contributed by atoms with Gasteiger partial charge in [0.2, 0.25) is 0 Å². The number of aromatic nitrogens is 4. The molecule has 1 saturated heterocycles. The van der Waals surface area contributed by atoms with Crippen LogP contribution in [0.4, 0.5) is 0 Å². The second kappa shape index (κ2) is 6.20. The number of ether oxygens (including phenoxy) is 2. The zero-order valence-corrected chi connectivity index (χ0v) is 12.6. The van der Waals surface area contributed by atoms with Gasteiger partial charge >= 0.3 is 0 Å². The van der Waals surface area contributed by atoms with Crippen molar-refractivity contribution in [2.24, 2.45) is 0 Å². The van der Waals surface area contributed by atoms with Crippen molar-refractivity contribution < 1.29 is 9.47 Å². The molecule has 0 unspecified atom stereocenters. The van der Waals surface area contributed by atoms with Gasteiger partial charge in [0, 0.05) is 25.5 Å². The van der Waals surface area contributed by atoms with E-state index in [1.807, 2.05) is 12.4 Å². The molecule has 0 spiro atoms. The molecule has 0 radical (unpaired) electrons. The van der Waals surface area contributed by atoms with Crippen LogP contribution in [0.5, 0.6) is 0 Å². The van der Waals surface area contributed by atoms with Gasteiger partial charge < -0.3 is 19.4 Å². The number of aryl methyl sites for hydroxylation is 1. The van der Waals surface area contributed by atoms with Crippen LogP contribution in [0.15, 0.2) is 18.5 Å². The molecular weight excluding hydrogens is 282 g/mol. The minimum Gasteiger partial charge on any atom is -0.376 e. The monoisotopic (exact) mass is 303 g/mol. The Labute approximate surface area is 129 Å². The molecule has 0 amide bonds. The molecule has 2 aromatic heterocycles. The van der Waals surface area contributed by atoms with Crippen LogP contribution < -0.4 is 5.32 Å².